The van der Waals surface area contributed by atoms with E-state index in [1.165, 1.54) is 24.3 Å². The van der Waals surface area contributed by atoms with Crippen molar-refractivity contribution in [1.82, 2.24) is 0 Å². The maximum Gasteiger partial charge on any atom is 0.214 e. The highest BCUT2D eigenvalue weighted by atomic mass is 19.1. The van der Waals surface area contributed by atoms with Crippen molar-refractivity contribution < 1.29 is 23.4 Å². The Morgan fingerprint density at radius 1 is 1.00 bits per heavy atom. The number of allylic oxidation sites excluding steroid dienone is 3. The van der Waals surface area contributed by atoms with Crippen LogP contribution in [0.2, 0.25) is 0 Å². The number of carbonyl (C=O) groups excluding carboxylic acids is 1. The molecule has 32 heavy (non-hydrogen) atoms. The van der Waals surface area contributed by atoms with Crippen LogP contribution in [0.25, 0.3) is 0 Å². The minimum Gasteiger partial charge on any atom is -0.501 e. The van der Waals surface area contributed by atoms with Gasteiger partial charge in [-0.15, -0.1) is 0 Å². The summed E-state index contributed by atoms with van der Waals surface area (Å²) in [4.78, 5) is 13.8. The van der Waals surface area contributed by atoms with Gasteiger partial charge in [-0.1, -0.05) is 25.1 Å². The summed E-state index contributed by atoms with van der Waals surface area (Å²) < 4.78 is 32.0. The van der Waals surface area contributed by atoms with Crippen LogP contribution < -0.4 is 4.90 Å². The summed E-state index contributed by atoms with van der Waals surface area (Å²) in [5.74, 6) is 0.176. The molecule has 4 nitrogen and oxygen atoms in total. The fourth-order valence-electron chi connectivity index (χ4n) is 4.20. The number of aliphatic hydroxyl groups is 1. The second kappa shape index (κ2) is 11.0. The highest BCUT2D eigenvalue weighted by Gasteiger charge is 2.30. The first-order valence-corrected chi connectivity index (χ1v) is 10.8. The molecular weight excluding hydrogens is 412 g/mol. The summed E-state index contributed by atoms with van der Waals surface area (Å²) in [7, 11) is 1.64. The normalized spacial score (nSPS) is 16.4. The van der Waals surface area contributed by atoms with E-state index >= 15 is 0 Å². The van der Waals surface area contributed by atoms with Gasteiger partial charge in [0, 0.05) is 12.1 Å². The molecule has 2 aromatic carbocycles. The second-order valence-corrected chi connectivity index (χ2v) is 8.13. The van der Waals surface area contributed by atoms with Crippen LogP contribution in [0.3, 0.4) is 0 Å². The highest BCUT2D eigenvalue weighted by molar-refractivity contribution is 5.77. The van der Waals surface area contributed by atoms with Crippen LogP contribution >= 0.6 is 0 Å². The molecule has 1 N–H and O–H groups in total. The molecular formula is C26H29F2NO3. The van der Waals surface area contributed by atoms with Crippen LogP contribution in [0.4, 0.5) is 14.5 Å². The molecule has 1 amide bonds. The van der Waals surface area contributed by atoms with E-state index in [4.69, 9.17) is 4.74 Å². The highest BCUT2D eigenvalue weighted by Crippen LogP contribution is 2.34. The molecule has 0 bridgehead atoms. The Kier molecular flexibility index (Phi) is 8.17. The van der Waals surface area contributed by atoms with Crippen molar-refractivity contribution in [3.8, 4) is 0 Å². The lowest BCUT2D eigenvalue weighted by Crippen LogP contribution is -2.41. The zero-order valence-electron chi connectivity index (χ0n) is 18.4. The van der Waals surface area contributed by atoms with Crippen molar-refractivity contribution in [3.05, 3.63) is 89.2 Å². The second-order valence-electron chi connectivity index (χ2n) is 8.13. The summed E-state index contributed by atoms with van der Waals surface area (Å²) in [5, 5.41) is 10.6. The summed E-state index contributed by atoms with van der Waals surface area (Å²) in [6, 6.07) is 11.4. The number of rotatable bonds is 10. The number of aliphatic hydroxyl groups excluding tert-OH is 1. The third-order valence-corrected chi connectivity index (χ3v) is 6.01. The maximum atomic E-state index is 13.5. The van der Waals surface area contributed by atoms with Crippen molar-refractivity contribution in [2.24, 2.45) is 5.92 Å². The molecule has 170 valence electrons. The molecule has 0 aromatic heterocycles. The van der Waals surface area contributed by atoms with E-state index in [9.17, 15) is 18.7 Å². The van der Waals surface area contributed by atoms with Gasteiger partial charge in [-0.25, -0.2) is 8.78 Å². The van der Waals surface area contributed by atoms with Gasteiger partial charge in [-0.05, 0) is 78.8 Å². The van der Waals surface area contributed by atoms with Crippen LogP contribution in [-0.2, 0) is 9.53 Å². The molecule has 0 saturated heterocycles. The summed E-state index contributed by atoms with van der Waals surface area (Å²) in [6.45, 7) is 2.04. The van der Waals surface area contributed by atoms with Gasteiger partial charge in [0.1, 0.15) is 11.6 Å². The number of hydrogen-bond donors (Lipinski definition) is 1. The van der Waals surface area contributed by atoms with Crippen LogP contribution in [0.15, 0.2) is 72.0 Å². The third kappa shape index (κ3) is 5.82. The zero-order valence-corrected chi connectivity index (χ0v) is 18.4. The molecule has 2 unspecified atom stereocenters. The third-order valence-electron chi connectivity index (χ3n) is 6.01. The number of amides is 1. The van der Waals surface area contributed by atoms with Gasteiger partial charge in [0.05, 0.1) is 25.0 Å². The fourth-order valence-corrected chi connectivity index (χ4v) is 4.20. The Labute approximate surface area is 187 Å². The molecule has 0 heterocycles. The lowest BCUT2D eigenvalue weighted by atomic mass is 9.84. The van der Waals surface area contributed by atoms with Gasteiger partial charge < -0.3 is 14.7 Å². The van der Waals surface area contributed by atoms with Crippen molar-refractivity contribution in [3.63, 3.8) is 0 Å². The van der Waals surface area contributed by atoms with Crippen molar-refractivity contribution in [2.75, 3.05) is 12.0 Å². The SMILES string of the molecule is COC1=CC=C(C([C@H](C)CCC(O)c2ccc(F)cc2)N(C=O)c2ccc(F)cc2)CC1. The first-order valence-electron chi connectivity index (χ1n) is 10.8. The first-order chi connectivity index (χ1) is 15.4. The molecule has 6 heteroatoms. The molecule has 0 fully saturated rings. The molecule has 2 aromatic rings. The summed E-state index contributed by atoms with van der Waals surface area (Å²) in [5.41, 5.74) is 2.34. The lowest BCUT2D eigenvalue weighted by molar-refractivity contribution is -0.108. The quantitative estimate of drug-likeness (QED) is 0.482. The topological polar surface area (TPSA) is 49.8 Å². The summed E-state index contributed by atoms with van der Waals surface area (Å²) >= 11 is 0. The van der Waals surface area contributed by atoms with Gasteiger partial charge in [0.25, 0.3) is 0 Å². The molecule has 3 rings (SSSR count). The zero-order chi connectivity index (χ0) is 23.1. The van der Waals surface area contributed by atoms with Gasteiger partial charge in [0.15, 0.2) is 0 Å². The number of nitrogens with zero attached hydrogens (tertiary/aromatic N) is 1. The lowest BCUT2D eigenvalue weighted by Gasteiger charge is -2.36. The fraction of sp³-hybridized carbons (Fsp3) is 0.346. The summed E-state index contributed by atoms with van der Waals surface area (Å²) in [6.07, 6.45) is 6.52. The van der Waals surface area contributed by atoms with E-state index in [2.05, 4.69) is 0 Å². The van der Waals surface area contributed by atoms with Crippen LogP contribution in [0.1, 0.15) is 44.3 Å². The van der Waals surface area contributed by atoms with Crippen molar-refractivity contribution in [2.45, 2.75) is 44.8 Å². The molecule has 3 atom stereocenters. The largest absolute Gasteiger partial charge is 0.501 e. The Morgan fingerprint density at radius 2 is 1.62 bits per heavy atom. The number of hydrogen-bond acceptors (Lipinski definition) is 3. The molecule has 0 aliphatic heterocycles. The van der Waals surface area contributed by atoms with E-state index in [-0.39, 0.29) is 23.6 Å². The number of halogens is 2. The Bertz CT molecular complexity index is 954. The molecule has 0 radical (unpaired) electrons. The number of anilines is 1. The van der Waals surface area contributed by atoms with Crippen LogP contribution in [0.5, 0.6) is 0 Å². The number of methoxy groups -OCH3 is 1. The van der Waals surface area contributed by atoms with Crippen LogP contribution in [-0.4, -0.2) is 24.7 Å². The van der Waals surface area contributed by atoms with E-state index in [1.807, 2.05) is 19.1 Å². The average Bonchev–Trinajstić information content (AvgIpc) is 2.82. The predicted octanol–water partition coefficient (Wildman–Crippen LogP) is 5.70. The Balaban J connectivity index is 1.83. The van der Waals surface area contributed by atoms with Crippen molar-refractivity contribution in [1.29, 1.82) is 0 Å². The van der Waals surface area contributed by atoms with Gasteiger partial charge in [0.2, 0.25) is 6.41 Å². The Hall–Kier alpha value is -2.99. The van der Waals surface area contributed by atoms with E-state index in [0.29, 0.717) is 24.1 Å². The van der Waals surface area contributed by atoms with Crippen LogP contribution in [0, 0.1) is 17.6 Å². The maximum absolute atomic E-state index is 13.5. The van der Waals surface area contributed by atoms with Gasteiger partial charge in [-0.3, -0.25) is 4.79 Å². The molecule has 1 aliphatic carbocycles. The standard InChI is InChI=1S/C26H29F2NO3/c1-18(3-16-25(31)19-4-8-21(27)9-5-19)26(20-6-14-24(32-2)15-7-20)29(17-30)23-12-10-22(28)11-13-23/h4-6,8-14,17-18,25-26,31H,3,7,15-16H2,1-2H3/t18-,25?,26?/m1/s1. The minimum atomic E-state index is -0.727. The molecule has 0 spiro atoms. The van der Waals surface area contributed by atoms with Gasteiger partial charge in [-0.2, -0.15) is 0 Å². The number of ether oxygens (including phenoxy) is 1. The smallest absolute Gasteiger partial charge is 0.214 e. The Morgan fingerprint density at radius 3 is 2.16 bits per heavy atom. The van der Waals surface area contributed by atoms with Gasteiger partial charge >= 0.3 is 0 Å². The average molecular weight is 442 g/mol. The monoisotopic (exact) mass is 441 g/mol. The number of carbonyl (C=O) groups is 1. The first kappa shape index (κ1) is 23.7. The predicted molar refractivity (Wildman–Crippen MR) is 121 cm³/mol. The van der Waals surface area contributed by atoms with E-state index < -0.39 is 6.10 Å². The molecule has 1 aliphatic rings. The number of benzene rings is 2. The molecule has 0 saturated carbocycles. The van der Waals surface area contributed by atoms with Crippen molar-refractivity contribution >= 4 is 12.1 Å². The minimum absolute atomic E-state index is 0.00379. The van der Waals surface area contributed by atoms with E-state index in [1.54, 1.807) is 36.3 Å². The van der Waals surface area contributed by atoms with E-state index in [0.717, 1.165) is 30.6 Å².